The molecule has 0 aliphatic carbocycles. The zero-order chi connectivity index (χ0) is 17.2. The van der Waals surface area contributed by atoms with Crippen LogP contribution in [0, 0.1) is 0 Å². The van der Waals surface area contributed by atoms with Crippen LogP contribution in [0.1, 0.15) is 0 Å². The molecule has 0 bridgehead atoms. The maximum absolute atomic E-state index is 11.7. The average Bonchev–Trinajstić information content (AvgIpc) is 3.02. The topological polar surface area (TPSA) is 89.8 Å². The molecule has 0 aliphatic rings. The third kappa shape index (κ3) is 3.33. The normalized spacial score (nSPS) is 11.2. The molecule has 0 spiro atoms. The number of hydrogen-bond donors (Lipinski definition) is 1. The molecule has 2 aromatic heterocycles. The van der Waals surface area contributed by atoms with Crippen LogP contribution in [0.5, 0.6) is 0 Å². The van der Waals surface area contributed by atoms with Crippen molar-refractivity contribution in [2.45, 2.75) is 4.90 Å². The first-order valence-electron chi connectivity index (χ1n) is 7.04. The highest BCUT2D eigenvalue weighted by molar-refractivity contribution is 7.94. The van der Waals surface area contributed by atoms with Crippen molar-refractivity contribution < 1.29 is 8.42 Å². The van der Waals surface area contributed by atoms with E-state index in [4.69, 9.17) is 0 Å². The summed E-state index contributed by atoms with van der Waals surface area (Å²) in [5, 5.41) is 8.09. The third-order valence-corrected chi connectivity index (χ3v) is 4.68. The summed E-state index contributed by atoms with van der Waals surface area (Å²) in [5.41, 5.74) is 2.31. The second-order valence-corrected chi connectivity index (χ2v) is 6.92. The molecule has 7 nitrogen and oxygen atoms in total. The van der Waals surface area contributed by atoms with Crippen LogP contribution in [0.4, 0.5) is 11.6 Å². The van der Waals surface area contributed by atoms with Crippen molar-refractivity contribution in [1.29, 1.82) is 0 Å². The molecule has 0 saturated heterocycles. The van der Waals surface area contributed by atoms with Crippen molar-refractivity contribution in [3.05, 3.63) is 60.9 Å². The molecule has 0 saturated carbocycles. The molecular weight excluding hydrogens is 326 g/mol. The van der Waals surface area contributed by atoms with Crippen LogP contribution >= 0.6 is 0 Å². The first-order valence-corrected chi connectivity index (χ1v) is 8.59. The van der Waals surface area contributed by atoms with Gasteiger partial charge in [0.1, 0.15) is 0 Å². The second kappa shape index (κ2) is 6.25. The van der Waals surface area contributed by atoms with Gasteiger partial charge in [0.2, 0.25) is 5.95 Å². The molecule has 0 atom stereocenters. The molecular formula is C16H15N5O2S. The molecule has 0 radical (unpaired) electrons. The van der Waals surface area contributed by atoms with E-state index in [1.807, 2.05) is 13.2 Å². The summed E-state index contributed by atoms with van der Waals surface area (Å²) in [6.07, 6.45) is 5.23. The molecule has 0 fully saturated rings. The summed E-state index contributed by atoms with van der Waals surface area (Å²) < 4.78 is 25.1. The Morgan fingerprint density at radius 2 is 1.96 bits per heavy atom. The Labute approximate surface area is 139 Å². The lowest BCUT2D eigenvalue weighted by atomic mass is 10.2. The molecule has 24 heavy (non-hydrogen) atoms. The fraction of sp³-hybridized carbons (Fsp3) is 0.0625. The summed E-state index contributed by atoms with van der Waals surface area (Å²) in [4.78, 5) is 8.79. The SMILES string of the molecule is C=CS(=O)(=O)c1ccc(Nc2nccc(-c3cnn(C)c3)n2)cc1. The molecule has 3 aromatic rings. The van der Waals surface area contributed by atoms with Crippen LogP contribution in [-0.4, -0.2) is 28.2 Å². The zero-order valence-electron chi connectivity index (χ0n) is 12.9. The fourth-order valence-electron chi connectivity index (χ4n) is 2.09. The van der Waals surface area contributed by atoms with Crippen LogP contribution in [0.3, 0.4) is 0 Å². The molecule has 0 unspecified atom stereocenters. The van der Waals surface area contributed by atoms with E-state index in [1.165, 1.54) is 12.1 Å². The molecule has 8 heteroatoms. The van der Waals surface area contributed by atoms with E-state index in [0.717, 1.165) is 16.7 Å². The molecule has 2 heterocycles. The average molecular weight is 341 g/mol. The standard InChI is InChI=1S/C16H15N5O2S/c1-3-24(22,23)14-6-4-13(5-7-14)19-16-17-9-8-15(20-16)12-10-18-21(2)11-12/h3-11H,1H2,2H3,(H,17,19,20). The largest absolute Gasteiger partial charge is 0.324 e. The maximum Gasteiger partial charge on any atom is 0.227 e. The number of nitrogens with one attached hydrogen (secondary N) is 1. The maximum atomic E-state index is 11.7. The number of hydrogen-bond acceptors (Lipinski definition) is 6. The summed E-state index contributed by atoms with van der Waals surface area (Å²) in [7, 11) is -1.60. The lowest BCUT2D eigenvalue weighted by Crippen LogP contribution is -1.99. The van der Waals surface area contributed by atoms with Gasteiger partial charge >= 0.3 is 0 Å². The van der Waals surface area contributed by atoms with Crippen LogP contribution < -0.4 is 5.32 Å². The Hall–Kier alpha value is -3.00. The van der Waals surface area contributed by atoms with Gasteiger partial charge in [0, 0.05) is 36.1 Å². The Morgan fingerprint density at radius 3 is 2.58 bits per heavy atom. The van der Waals surface area contributed by atoms with Gasteiger partial charge in [-0.25, -0.2) is 18.4 Å². The van der Waals surface area contributed by atoms with Crippen molar-refractivity contribution in [3.8, 4) is 11.3 Å². The zero-order valence-corrected chi connectivity index (χ0v) is 13.7. The van der Waals surface area contributed by atoms with Gasteiger partial charge in [-0.05, 0) is 30.3 Å². The number of aryl methyl sites for hydroxylation is 1. The van der Waals surface area contributed by atoms with Gasteiger partial charge in [-0.2, -0.15) is 5.10 Å². The lowest BCUT2D eigenvalue weighted by Gasteiger charge is -2.06. The Bertz CT molecular complexity index is 978. The number of nitrogens with zero attached hydrogens (tertiary/aromatic N) is 4. The number of aromatic nitrogens is 4. The van der Waals surface area contributed by atoms with E-state index in [-0.39, 0.29) is 4.90 Å². The number of sulfone groups is 1. The molecule has 3 rings (SSSR count). The summed E-state index contributed by atoms with van der Waals surface area (Å²) in [6.45, 7) is 3.31. The van der Waals surface area contributed by atoms with Crippen LogP contribution in [0.2, 0.25) is 0 Å². The molecule has 1 aromatic carbocycles. The van der Waals surface area contributed by atoms with Crippen LogP contribution in [0.15, 0.2) is 65.8 Å². The number of rotatable bonds is 5. The van der Waals surface area contributed by atoms with Gasteiger partial charge in [0.25, 0.3) is 0 Å². The Balaban J connectivity index is 1.83. The minimum Gasteiger partial charge on any atom is -0.324 e. The summed E-state index contributed by atoms with van der Waals surface area (Å²) in [5.74, 6) is 0.413. The predicted octanol–water partition coefficient (Wildman–Crippen LogP) is 2.54. The minimum absolute atomic E-state index is 0.188. The summed E-state index contributed by atoms with van der Waals surface area (Å²) in [6, 6.07) is 8.10. The van der Waals surface area contributed by atoms with E-state index in [9.17, 15) is 8.42 Å². The molecule has 1 N–H and O–H groups in total. The van der Waals surface area contributed by atoms with Gasteiger partial charge in [0.05, 0.1) is 16.8 Å². The van der Waals surface area contributed by atoms with Crippen molar-refractivity contribution >= 4 is 21.5 Å². The summed E-state index contributed by atoms with van der Waals surface area (Å²) >= 11 is 0. The van der Waals surface area contributed by atoms with E-state index in [0.29, 0.717) is 11.6 Å². The number of anilines is 2. The Morgan fingerprint density at radius 1 is 1.21 bits per heavy atom. The van der Waals surface area contributed by atoms with Crippen LogP contribution in [-0.2, 0) is 16.9 Å². The quantitative estimate of drug-likeness (QED) is 0.767. The van der Waals surface area contributed by atoms with Gasteiger partial charge < -0.3 is 5.32 Å². The smallest absolute Gasteiger partial charge is 0.227 e. The lowest BCUT2D eigenvalue weighted by molar-refractivity contribution is 0.605. The van der Waals surface area contributed by atoms with Crippen molar-refractivity contribution in [3.63, 3.8) is 0 Å². The first-order chi connectivity index (χ1) is 11.5. The second-order valence-electron chi connectivity index (χ2n) is 5.03. The molecule has 0 aliphatic heterocycles. The van der Waals surface area contributed by atoms with Crippen molar-refractivity contribution in [1.82, 2.24) is 19.7 Å². The minimum atomic E-state index is -3.43. The van der Waals surface area contributed by atoms with Crippen molar-refractivity contribution in [2.24, 2.45) is 7.05 Å². The van der Waals surface area contributed by atoms with E-state index >= 15 is 0 Å². The third-order valence-electron chi connectivity index (χ3n) is 3.31. The predicted molar refractivity (Wildman–Crippen MR) is 91.3 cm³/mol. The number of benzene rings is 1. The van der Waals surface area contributed by atoms with E-state index < -0.39 is 9.84 Å². The molecule has 0 amide bonds. The highest BCUT2D eigenvalue weighted by Gasteiger charge is 2.09. The van der Waals surface area contributed by atoms with Gasteiger partial charge in [-0.3, -0.25) is 4.68 Å². The highest BCUT2D eigenvalue weighted by Crippen LogP contribution is 2.20. The first kappa shape index (κ1) is 15.9. The van der Waals surface area contributed by atoms with Gasteiger partial charge in [-0.15, -0.1) is 0 Å². The van der Waals surface area contributed by atoms with Gasteiger partial charge in [-0.1, -0.05) is 6.58 Å². The van der Waals surface area contributed by atoms with E-state index in [1.54, 1.807) is 35.3 Å². The fourth-order valence-corrected chi connectivity index (χ4v) is 2.79. The van der Waals surface area contributed by atoms with Crippen molar-refractivity contribution in [2.75, 3.05) is 5.32 Å². The highest BCUT2D eigenvalue weighted by atomic mass is 32.2. The molecule has 122 valence electrons. The Kier molecular flexibility index (Phi) is 4.13. The van der Waals surface area contributed by atoms with E-state index in [2.05, 4.69) is 27.0 Å². The van der Waals surface area contributed by atoms with Crippen LogP contribution in [0.25, 0.3) is 11.3 Å². The monoisotopic (exact) mass is 341 g/mol. The van der Waals surface area contributed by atoms with Gasteiger partial charge in [0.15, 0.2) is 9.84 Å².